The number of carbonyl (C=O) groups is 2. The van der Waals surface area contributed by atoms with E-state index in [2.05, 4.69) is 18.5 Å². The molecule has 1 aromatic carbocycles. The number of thioether (sulfide) groups is 1. The molecule has 1 amide bonds. The quantitative estimate of drug-likeness (QED) is 0.320. The summed E-state index contributed by atoms with van der Waals surface area (Å²) in [6.07, 6.45) is 1.35. The van der Waals surface area contributed by atoms with Gasteiger partial charge in [0.1, 0.15) is 34.2 Å². The van der Waals surface area contributed by atoms with Crippen molar-refractivity contribution in [3.05, 3.63) is 47.9 Å². The highest BCUT2D eigenvalue weighted by Gasteiger charge is 2.56. The van der Waals surface area contributed by atoms with Crippen molar-refractivity contribution in [2.24, 2.45) is 0 Å². The fourth-order valence-corrected chi connectivity index (χ4v) is 4.78. The van der Waals surface area contributed by atoms with Gasteiger partial charge in [0.15, 0.2) is 17.4 Å². The first-order valence-corrected chi connectivity index (χ1v) is 12.1. The lowest BCUT2D eigenvalue weighted by atomic mass is 9.82. The van der Waals surface area contributed by atoms with Crippen molar-refractivity contribution in [3.8, 4) is 0 Å². The molecular weight excluding hydrogens is 460 g/mol. The molecule has 2 aromatic rings. The number of para-hydroxylation sites is 2. The highest BCUT2D eigenvalue weighted by molar-refractivity contribution is 7.99. The van der Waals surface area contributed by atoms with E-state index in [1.54, 1.807) is 6.07 Å². The van der Waals surface area contributed by atoms with Gasteiger partial charge < -0.3 is 19.0 Å². The number of unbranched alkanes of at least 4 members (excludes halogenated alkanes) is 2. The van der Waals surface area contributed by atoms with E-state index < -0.39 is 29.7 Å². The topological polar surface area (TPSA) is 111 Å². The Hall–Kier alpha value is -2.82. The molecule has 2 aliphatic heterocycles. The lowest BCUT2D eigenvalue weighted by molar-refractivity contribution is -0.181. The van der Waals surface area contributed by atoms with Crippen molar-refractivity contribution in [2.45, 2.75) is 62.6 Å². The van der Waals surface area contributed by atoms with Gasteiger partial charge >= 0.3 is 5.97 Å². The Bertz CT molecular complexity index is 1110. The summed E-state index contributed by atoms with van der Waals surface area (Å²) in [5.74, 6) is -1.15. The maximum absolute atomic E-state index is 13.0. The fourth-order valence-electron chi connectivity index (χ4n) is 4.16. The maximum atomic E-state index is 13.0. The summed E-state index contributed by atoms with van der Waals surface area (Å²) in [6, 6.07) is 7.28. The van der Waals surface area contributed by atoms with E-state index >= 15 is 0 Å². The highest BCUT2D eigenvalue weighted by atomic mass is 32.2. The van der Waals surface area contributed by atoms with Gasteiger partial charge in [0.05, 0.1) is 7.11 Å². The van der Waals surface area contributed by atoms with Gasteiger partial charge in [-0.2, -0.15) is 5.06 Å². The number of fused-ring (bicyclic) bond motifs is 1. The number of carbonyl (C=O) groups excluding carboxylic acids is 2. The zero-order valence-corrected chi connectivity index (χ0v) is 20.2. The molecule has 0 bridgehead atoms. The monoisotopic (exact) mass is 488 g/mol. The van der Waals surface area contributed by atoms with E-state index in [4.69, 9.17) is 18.7 Å². The van der Waals surface area contributed by atoms with Crippen LogP contribution in [0.4, 0.5) is 0 Å². The van der Waals surface area contributed by atoms with Crippen LogP contribution in [0.3, 0.4) is 0 Å². The summed E-state index contributed by atoms with van der Waals surface area (Å²) in [6.45, 7) is 7.48. The van der Waals surface area contributed by atoms with Crippen molar-refractivity contribution in [1.29, 1.82) is 0 Å². The highest BCUT2D eigenvalue weighted by Crippen LogP contribution is 2.44. The number of nitrogens with zero attached hydrogens (tertiary/aromatic N) is 2. The van der Waals surface area contributed by atoms with Crippen molar-refractivity contribution >= 4 is 34.7 Å². The molecule has 0 aliphatic carbocycles. The summed E-state index contributed by atoms with van der Waals surface area (Å²) < 4.78 is 17.4. The molecule has 9 nitrogen and oxygen atoms in total. The van der Waals surface area contributed by atoms with Crippen LogP contribution in [0.1, 0.15) is 39.5 Å². The maximum Gasteiger partial charge on any atom is 0.317 e. The van der Waals surface area contributed by atoms with E-state index in [9.17, 15) is 14.7 Å². The second kappa shape index (κ2) is 9.81. The van der Waals surface area contributed by atoms with Crippen molar-refractivity contribution in [3.63, 3.8) is 0 Å². The van der Waals surface area contributed by atoms with E-state index in [1.807, 2.05) is 18.2 Å². The van der Waals surface area contributed by atoms with Gasteiger partial charge in [-0.25, -0.2) is 4.98 Å². The molecule has 1 aromatic heterocycles. The molecular formula is C24H28N2O7S. The summed E-state index contributed by atoms with van der Waals surface area (Å²) in [5, 5.41) is 12.7. The van der Waals surface area contributed by atoms with E-state index in [0.717, 1.165) is 36.1 Å². The Morgan fingerprint density at radius 1 is 1.35 bits per heavy atom. The van der Waals surface area contributed by atoms with Crippen LogP contribution in [0, 0.1) is 0 Å². The van der Waals surface area contributed by atoms with Gasteiger partial charge in [-0.1, -0.05) is 50.2 Å². The number of hydroxylamine groups is 2. The number of aliphatic hydroxyl groups is 1. The number of oxazole rings is 1. The molecule has 0 saturated carbocycles. The predicted molar refractivity (Wildman–Crippen MR) is 124 cm³/mol. The molecule has 182 valence electrons. The Morgan fingerprint density at radius 3 is 2.82 bits per heavy atom. The molecule has 4 rings (SSSR count). The first kappa shape index (κ1) is 24.3. The Balaban J connectivity index is 1.54. The molecule has 0 radical (unpaired) electrons. The van der Waals surface area contributed by atoms with Crippen LogP contribution in [0.2, 0.25) is 0 Å². The van der Waals surface area contributed by atoms with Crippen LogP contribution < -0.4 is 0 Å². The second-order valence-corrected chi connectivity index (χ2v) is 9.33. The fraction of sp³-hybridized carbons (Fsp3) is 0.458. The third-order valence-electron chi connectivity index (χ3n) is 5.96. The smallest absolute Gasteiger partial charge is 0.317 e. The number of aromatic nitrogens is 1. The number of benzene rings is 1. The molecule has 0 spiro atoms. The normalized spacial score (nSPS) is 24.5. The molecule has 2 aliphatic rings. The molecule has 0 fully saturated rings. The van der Waals surface area contributed by atoms with Crippen LogP contribution in [0.5, 0.6) is 0 Å². The molecule has 3 atom stereocenters. The number of amides is 1. The zero-order valence-electron chi connectivity index (χ0n) is 19.4. The van der Waals surface area contributed by atoms with E-state index in [-0.39, 0.29) is 22.8 Å². The van der Waals surface area contributed by atoms with Gasteiger partial charge in [-0.3, -0.25) is 14.4 Å². The lowest BCUT2D eigenvalue weighted by Crippen LogP contribution is -2.56. The SMILES string of the molecule is C=C1C2=C(C(=O)N1OC)[C@H](OC(=O)CSc1nc3ccccc3o1)[C@@](C)(O)[C@H](CCCCC)O2. The van der Waals surface area contributed by atoms with Crippen molar-refractivity contribution < 1.29 is 33.4 Å². The second-order valence-electron chi connectivity index (χ2n) is 8.41. The molecule has 10 heteroatoms. The van der Waals surface area contributed by atoms with Crippen LogP contribution in [-0.2, 0) is 23.9 Å². The standard InChI is InChI=1S/C24H28N2O7S/c1-5-6-7-12-17-24(3,29)21(19-20(32-17)14(2)26(30-4)22(19)28)33-18(27)13-34-23-25-15-10-8-9-11-16(15)31-23/h8-11,17,21,29H,2,5-7,12-13H2,1,3-4H3/t17-,21-,24-/m0/s1. The van der Waals surface area contributed by atoms with E-state index in [0.29, 0.717) is 22.7 Å². The minimum Gasteiger partial charge on any atom is -0.484 e. The van der Waals surface area contributed by atoms with Crippen molar-refractivity contribution in [1.82, 2.24) is 10.0 Å². The number of rotatable bonds is 9. The number of esters is 1. The van der Waals surface area contributed by atoms with Gasteiger partial charge in [0.2, 0.25) is 0 Å². The Labute approximate surface area is 201 Å². The van der Waals surface area contributed by atoms with Crippen LogP contribution in [-0.4, -0.2) is 57.7 Å². The first-order valence-electron chi connectivity index (χ1n) is 11.2. The summed E-state index contributed by atoms with van der Waals surface area (Å²) in [7, 11) is 1.33. The Kier molecular flexibility index (Phi) is 7.01. The number of hydrogen-bond acceptors (Lipinski definition) is 9. The van der Waals surface area contributed by atoms with Gasteiger partial charge in [-0.15, -0.1) is 0 Å². The van der Waals surface area contributed by atoms with Gasteiger partial charge in [-0.05, 0) is 31.9 Å². The van der Waals surface area contributed by atoms with Crippen LogP contribution in [0.15, 0.2) is 57.5 Å². The molecule has 1 N–H and O–H groups in total. The number of ether oxygens (including phenoxy) is 2. The van der Waals surface area contributed by atoms with E-state index in [1.165, 1.54) is 14.0 Å². The van der Waals surface area contributed by atoms with Gasteiger partial charge in [0, 0.05) is 0 Å². The summed E-state index contributed by atoms with van der Waals surface area (Å²) >= 11 is 1.07. The largest absolute Gasteiger partial charge is 0.484 e. The molecule has 0 unspecified atom stereocenters. The lowest BCUT2D eigenvalue weighted by Gasteiger charge is -2.42. The first-order chi connectivity index (χ1) is 16.3. The minimum absolute atomic E-state index is 0.0174. The minimum atomic E-state index is -1.63. The van der Waals surface area contributed by atoms with Crippen LogP contribution in [0.25, 0.3) is 11.1 Å². The van der Waals surface area contributed by atoms with Gasteiger partial charge in [0.25, 0.3) is 11.1 Å². The number of hydrogen-bond donors (Lipinski definition) is 1. The molecule has 3 heterocycles. The van der Waals surface area contributed by atoms with Crippen molar-refractivity contribution in [2.75, 3.05) is 12.9 Å². The predicted octanol–water partition coefficient (Wildman–Crippen LogP) is 3.73. The third kappa shape index (κ3) is 4.45. The Morgan fingerprint density at radius 2 is 2.12 bits per heavy atom. The summed E-state index contributed by atoms with van der Waals surface area (Å²) in [4.78, 5) is 35.3. The average molecular weight is 489 g/mol. The van der Waals surface area contributed by atoms with Crippen LogP contribution >= 0.6 is 11.8 Å². The zero-order chi connectivity index (χ0) is 24.5. The average Bonchev–Trinajstić information content (AvgIpc) is 3.33. The molecule has 34 heavy (non-hydrogen) atoms. The molecule has 0 saturated heterocycles. The summed E-state index contributed by atoms with van der Waals surface area (Å²) in [5.41, 5.74) is -0.107. The third-order valence-corrected chi connectivity index (χ3v) is 6.76.